The van der Waals surface area contributed by atoms with Gasteiger partial charge in [-0.2, -0.15) is 0 Å². The molecule has 1 N–H and O–H groups in total. The molecule has 0 aliphatic rings. The summed E-state index contributed by atoms with van der Waals surface area (Å²) < 4.78 is 7.67. The van der Waals surface area contributed by atoms with Gasteiger partial charge < -0.3 is 10.1 Å². The summed E-state index contributed by atoms with van der Waals surface area (Å²) in [7, 11) is 1.71. The molecule has 0 aliphatic heterocycles. The van der Waals surface area contributed by atoms with Crippen molar-refractivity contribution >= 4 is 48.9 Å². The zero-order chi connectivity index (χ0) is 14.0. The average Bonchev–Trinajstić information content (AvgIpc) is 2.68. The van der Waals surface area contributed by atoms with Crippen molar-refractivity contribution in [3.63, 3.8) is 0 Å². The maximum absolute atomic E-state index is 5.44. The Labute approximate surface area is 134 Å². The third-order valence-corrected chi connectivity index (χ3v) is 6.21. The highest BCUT2D eigenvalue weighted by Gasteiger charge is 2.09. The van der Waals surface area contributed by atoms with Gasteiger partial charge in [-0.1, -0.05) is 6.07 Å². The van der Waals surface area contributed by atoms with E-state index >= 15 is 0 Å². The van der Waals surface area contributed by atoms with E-state index in [1.807, 2.05) is 0 Å². The van der Waals surface area contributed by atoms with Gasteiger partial charge >= 0.3 is 0 Å². The van der Waals surface area contributed by atoms with Crippen LogP contribution >= 0.6 is 43.2 Å². The van der Waals surface area contributed by atoms with Crippen LogP contribution in [0.2, 0.25) is 0 Å². The fourth-order valence-corrected chi connectivity index (χ4v) is 4.11. The first-order valence-electron chi connectivity index (χ1n) is 5.84. The van der Waals surface area contributed by atoms with Crippen molar-refractivity contribution < 1.29 is 4.74 Å². The lowest BCUT2D eigenvalue weighted by Crippen LogP contribution is -2.01. The van der Waals surface area contributed by atoms with Crippen LogP contribution in [0.5, 0.6) is 5.75 Å². The Bertz CT molecular complexity index is 576. The maximum atomic E-state index is 5.44. The Kier molecular flexibility index (Phi) is 4.92. The summed E-state index contributed by atoms with van der Waals surface area (Å²) in [4.78, 5) is 1.28. The number of benzene rings is 1. The zero-order valence-electron chi connectivity index (χ0n) is 11.0. The highest BCUT2D eigenvalue weighted by atomic mass is 79.9. The lowest BCUT2D eigenvalue weighted by atomic mass is 10.1. The normalized spacial score (nSPS) is 10.6. The summed E-state index contributed by atoms with van der Waals surface area (Å²) in [5, 5.41) is 3.46. The van der Waals surface area contributed by atoms with Crippen LogP contribution in [-0.4, -0.2) is 7.11 Å². The second-order valence-electron chi connectivity index (χ2n) is 4.28. The molecular weight excluding hydrogens is 390 g/mol. The number of halogens is 2. The van der Waals surface area contributed by atoms with Gasteiger partial charge in [0.15, 0.2) is 0 Å². The SMILES string of the molecule is COc1c(C)ccc(NCc2cc(Br)c(Br)s2)c1C. The molecule has 0 saturated carbocycles. The van der Waals surface area contributed by atoms with Crippen LogP contribution in [0.25, 0.3) is 0 Å². The topological polar surface area (TPSA) is 21.3 Å². The molecule has 0 spiro atoms. The second-order valence-corrected chi connectivity index (χ2v) is 7.59. The molecule has 2 aromatic rings. The summed E-state index contributed by atoms with van der Waals surface area (Å²) in [6.45, 7) is 4.94. The number of thiophene rings is 1. The van der Waals surface area contributed by atoms with Crippen LogP contribution < -0.4 is 10.1 Å². The number of ether oxygens (including phenoxy) is 1. The van der Waals surface area contributed by atoms with Crippen molar-refractivity contribution in [3.8, 4) is 5.75 Å². The van der Waals surface area contributed by atoms with Crippen LogP contribution in [0.15, 0.2) is 26.5 Å². The fourth-order valence-electron chi connectivity index (χ4n) is 1.99. The van der Waals surface area contributed by atoms with Gasteiger partial charge in [-0.3, -0.25) is 0 Å². The van der Waals surface area contributed by atoms with Crippen molar-refractivity contribution in [1.82, 2.24) is 0 Å². The van der Waals surface area contributed by atoms with Gasteiger partial charge in [0, 0.05) is 27.1 Å². The Balaban J connectivity index is 2.16. The highest BCUT2D eigenvalue weighted by Crippen LogP contribution is 2.34. The molecule has 1 aromatic heterocycles. The summed E-state index contributed by atoms with van der Waals surface area (Å²) in [5.74, 6) is 0.957. The van der Waals surface area contributed by atoms with Gasteiger partial charge in [0.25, 0.3) is 0 Å². The average molecular weight is 405 g/mol. The van der Waals surface area contributed by atoms with Crippen LogP contribution in [0.3, 0.4) is 0 Å². The number of aryl methyl sites for hydroxylation is 1. The molecule has 5 heteroatoms. The van der Waals surface area contributed by atoms with E-state index in [0.29, 0.717) is 0 Å². The minimum atomic E-state index is 0.807. The molecule has 0 amide bonds. The quantitative estimate of drug-likeness (QED) is 0.725. The lowest BCUT2D eigenvalue weighted by Gasteiger charge is -2.14. The Morgan fingerprint density at radius 3 is 2.58 bits per heavy atom. The molecule has 0 bridgehead atoms. The summed E-state index contributed by atoms with van der Waals surface area (Å²) in [5.41, 5.74) is 3.42. The van der Waals surface area contributed by atoms with Gasteiger partial charge in [0.2, 0.25) is 0 Å². The number of methoxy groups -OCH3 is 1. The van der Waals surface area contributed by atoms with Crippen molar-refractivity contribution in [2.45, 2.75) is 20.4 Å². The molecule has 0 unspecified atom stereocenters. The first-order chi connectivity index (χ1) is 9.02. The number of anilines is 1. The number of rotatable bonds is 4. The van der Waals surface area contributed by atoms with Crippen LogP contribution in [-0.2, 0) is 6.54 Å². The van der Waals surface area contributed by atoms with Crippen LogP contribution in [0.4, 0.5) is 5.69 Å². The molecule has 0 aliphatic carbocycles. The molecule has 19 heavy (non-hydrogen) atoms. The Hall–Kier alpha value is -0.520. The van der Waals surface area contributed by atoms with Crippen molar-refractivity contribution in [2.75, 3.05) is 12.4 Å². The van der Waals surface area contributed by atoms with E-state index in [9.17, 15) is 0 Å². The molecule has 0 atom stereocenters. The first-order valence-corrected chi connectivity index (χ1v) is 8.25. The van der Waals surface area contributed by atoms with E-state index in [1.165, 1.54) is 4.88 Å². The molecule has 2 nitrogen and oxygen atoms in total. The molecule has 1 heterocycles. The van der Waals surface area contributed by atoms with Crippen molar-refractivity contribution in [1.29, 1.82) is 0 Å². The monoisotopic (exact) mass is 403 g/mol. The fraction of sp³-hybridized carbons (Fsp3) is 0.286. The number of hydrogen-bond acceptors (Lipinski definition) is 3. The van der Waals surface area contributed by atoms with E-state index in [0.717, 1.165) is 37.4 Å². The van der Waals surface area contributed by atoms with Gasteiger partial charge in [-0.15, -0.1) is 11.3 Å². The molecule has 0 radical (unpaired) electrons. The minimum absolute atomic E-state index is 0.807. The molecular formula is C14H15Br2NOS. The van der Waals surface area contributed by atoms with E-state index in [-0.39, 0.29) is 0 Å². The molecule has 0 saturated heterocycles. The van der Waals surface area contributed by atoms with E-state index < -0.39 is 0 Å². The van der Waals surface area contributed by atoms with Gasteiger partial charge in [0.05, 0.1) is 10.9 Å². The number of nitrogens with one attached hydrogen (secondary N) is 1. The van der Waals surface area contributed by atoms with Crippen molar-refractivity contribution in [2.24, 2.45) is 0 Å². The lowest BCUT2D eigenvalue weighted by molar-refractivity contribution is 0.409. The molecule has 2 rings (SSSR count). The first kappa shape index (κ1) is 14.9. The largest absolute Gasteiger partial charge is 0.496 e. The molecule has 0 fully saturated rings. The summed E-state index contributed by atoms with van der Waals surface area (Å²) in [6, 6.07) is 6.31. The van der Waals surface area contributed by atoms with E-state index in [1.54, 1.807) is 18.4 Å². The van der Waals surface area contributed by atoms with E-state index in [2.05, 4.69) is 69.2 Å². The summed E-state index contributed by atoms with van der Waals surface area (Å²) >= 11 is 8.75. The Morgan fingerprint density at radius 2 is 2.00 bits per heavy atom. The van der Waals surface area contributed by atoms with Crippen LogP contribution in [0.1, 0.15) is 16.0 Å². The van der Waals surface area contributed by atoms with Crippen molar-refractivity contribution in [3.05, 3.63) is 42.5 Å². The Morgan fingerprint density at radius 1 is 1.26 bits per heavy atom. The highest BCUT2D eigenvalue weighted by molar-refractivity contribution is 9.13. The second kappa shape index (κ2) is 6.29. The zero-order valence-corrected chi connectivity index (χ0v) is 15.0. The van der Waals surface area contributed by atoms with Crippen LogP contribution in [0, 0.1) is 13.8 Å². The predicted octanol–water partition coefficient (Wildman–Crippen LogP) is 5.51. The maximum Gasteiger partial charge on any atom is 0.126 e. The molecule has 102 valence electrons. The van der Waals surface area contributed by atoms with Gasteiger partial charge in [-0.25, -0.2) is 0 Å². The number of hydrogen-bond donors (Lipinski definition) is 1. The standard InChI is InChI=1S/C14H15Br2NOS/c1-8-4-5-12(9(2)13(8)18-3)17-7-10-6-11(15)14(16)19-10/h4-6,17H,7H2,1-3H3. The smallest absolute Gasteiger partial charge is 0.126 e. The van der Waals surface area contributed by atoms with Gasteiger partial charge in [-0.05, 0) is 63.4 Å². The van der Waals surface area contributed by atoms with E-state index in [4.69, 9.17) is 4.74 Å². The minimum Gasteiger partial charge on any atom is -0.496 e. The summed E-state index contributed by atoms with van der Waals surface area (Å²) in [6.07, 6.45) is 0. The third-order valence-electron chi connectivity index (χ3n) is 2.96. The molecule has 1 aromatic carbocycles. The predicted molar refractivity (Wildman–Crippen MR) is 89.5 cm³/mol. The third kappa shape index (κ3) is 3.33. The van der Waals surface area contributed by atoms with Gasteiger partial charge in [0.1, 0.15) is 5.75 Å².